The Balaban J connectivity index is 1.80. The highest BCUT2D eigenvalue weighted by Crippen LogP contribution is 2.32. The van der Waals surface area contributed by atoms with Crippen LogP contribution in [0.15, 0.2) is 131 Å². The molecule has 0 fully saturated rings. The van der Waals surface area contributed by atoms with Crippen molar-refractivity contribution in [3.63, 3.8) is 0 Å². The summed E-state index contributed by atoms with van der Waals surface area (Å²) in [6, 6.07) is 40.9. The van der Waals surface area contributed by atoms with Crippen molar-refractivity contribution in [2.75, 3.05) is 0 Å². The zero-order valence-electron chi connectivity index (χ0n) is 17.1. The van der Waals surface area contributed by atoms with Gasteiger partial charge in [-0.15, -0.1) is 0 Å². The molecular weight excluding hydrogens is 380 g/mol. The first-order valence-corrected chi connectivity index (χ1v) is 10.4. The van der Waals surface area contributed by atoms with E-state index >= 15 is 0 Å². The van der Waals surface area contributed by atoms with Gasteiger partial charge in [0.05, 0.1) is 17.9 Å². The Bertz CT molecular complexity index is 1320. The first-order valence-electron chi connectivity index (χ1n) is 10.4. The molecule has 4 aromatic carbocycles. The fraction of sp³-hybridized carbons (Fsp3) is 0.0357. The Morgan fingerprint density at radius 1 is 0.581 bits per heavy atom. The molecule has 0 aliphatic heterocycles. The van der Waals surface area contributed by atoms with Crippen LogP contribution in [0, 0.1) is 0 Å². The number of para-hydroxylation sites is 1. The average Bonchev–Trinajstić information content (AvgIpc) is 3.19. The molecule has 1 heterocycles. The lowest BCUT2D eigenvalue weighted by atomic mass is 10.1. The predicted molar refractivity (Wildman–Crippen MR) is 125 cm³/mol. The summed E-state index contributed by atoms with van der Waals surface area (Å²) >= 11 is 0. The van der Waals surface area contributed by atoms with E-state index in [2.05, 4.69) is 65.2 Å². The van der Waals surface area contributed by atoms with Crippen molar-refractivity contribution in [1.82, 2.24) is 4.57 Å². The molecule has 0 atom stereocenters. The molecule has 31 heavy (non-hydrogen) atoms. The van der Waals surface area contributed by atoms with Crippen LogP contribution >= 0.6 is 0 Å². The monoisotopic (exact) mass is 402 g/mol. The van der Waals surface area contributed by atoms with E-state index in [0.29, 0.717) is 12.2 Å². The minimum absolute atomic E-state index is 0.577. The predicted octanol–water partition coefficient (Wildman–Crippen LogP) is 6.70. The molecule has 0 unspecified atom stereocenters. The first-order chi connectivity index (χ1) is 15.4. The van der Waals surface area contributed by atoms with Gasteiger partial charge in [0.25, 0.3) is 0 Å². The van der Waals surface area contributed by atoms with E-state index in [1.807, 2.05) is 60.7 Å². The molecule has 5 aromatic rings. The van der Waals surface area contributed by atoms with Gasteiger partial charge in [0.2, 0.25) is 0 Å². The van der Waals surface area contributed by atoms with E-state index in [1.54, 1.807) is 0 Å². The fourth-order valence-corrected chi connectivity index (χ4v) is 3.69. The Morgan fingerprint density at radius 3 is 1.71 bits per heavy atom. The maximum absolute atomic E-state index is 6.46. The summed E-state index contributed by atoms with van der Waals surface area (Å²) in [5.74, 6) is 0.817. The van der Waals surface area contributed by atoms with E-state index in [0.717, 1.165) is 28.3 Å². The molecule has 0 saturated carbocycles. The van der Waals surface area contributed by atoms with E-state index in [1.165, 1.54) is 5.56 Å². The van der Waals surface area contributed by atoms with Crippen molar-refractivity contribution in [2.45, 2.75) is 6.54 Å². The average molecular weight is 402 g/mol. The van der Waals surface area contributed by atoms with E-state index in [9.17, 15) is 0 Å². The lowest BCUT2D eigenvalue weighted by Gasteiger charge is -2.10. The second kappa shape index (κ2) is 8.72. The third-order valence-electron chi connectivity index (χ3n) is 5.16. The maximum Gasteiger partial charge on any atom is 0.303 e. The summed E-state index contributed by atoms with van der Waals surface area (Å²) in [5.41, 5.74) is 5.76. The van der Waals surface area contributed by atoms with Crippen LogP contribution in [0.3, 0.4) is 0 Å². The van der Waals surface area contributed by atoms with Crippen LogP contribution in [0.5, 0.6) is 0 Å². The normalized spacial score (nSPS) is 11.5. The van der Waals surface area contributed by atoms with E-state index in [4.69, 9.17) is 9.41 Å². The quantitative estimate of drug-likeness (QED) is 0.322. The van der Waals surface area contributed by atoms with Crippen LogP contribution in [0.1, 0.15) is 5.56 Å². The van der Waals surface area contributed by atoms with Crippen molar-refractivity contribution < 1.29 is 4.42 Å². The molecule has 1 aromatic heterocycles. The summed E-state index contributed by atoms with van der Waals surface area (Å²) in [7, 11) is 0. The van der Waals surface area contributed by atoms with Gasteiger partial charge >= 0.3 is 5.68 Å². The van der Waals surface area contributed by atoms with Gasteiger partial charge in [0, 0.05) is 11.1 Å². The van der Waals surface area contributed by atoms with Crippen molar-refractivity contribution in [2.24, 2.45) is 4.99 Å². The third kappa shape index (κ3) is 4.12. The van der Waals surface area contributed by atoms with Crippen molar-refractivity contribution >= 4 is 5.69 Å². The summed E-state index contributed by atoms with van der Waals surface area (Å²) in [6.45, 7) is 0.660. The first kappa shape index (κ1) is 18.9. The third-order valence-corrected chi connectivity index (χ3v) is 5.16. The maximum atomic E-state index is 6.46. The summed E-state index contributed by atoms with van der Waals surface area (Å²) in [6.07, 6.45) is 0. The SMILES string of the molecule is c1ccc(Cn2c(-c3ccccc3)c(-c3ccccc3)oc2=Nc2ccccc2)cc1. The number of oxazole rings is 1. The molecule has 0 amide bonds. The number of hydrogen-bond donors (Lipinski definition) is 0. The second-order valence-corrected chi connectivity index (χ2v) is 7.31. The molecule has 0 aliphatic rings. The number of aromatic nitrogens is 1. The molecule has 0 N–H and O–H groups in total. The fourth-order valence-electron chi connectivity index (χ4n) is 3.69. The standard InChI is InChI=1S/C28H22N2O/c1-5-13-22(14-6-1)21-30-26(23-15-7-2-8-16-23)27(24-17-9-3-10-18-24)31-28(30)29-25-19-11-4-12-20-25/h1-20H,21H2. The minimum atomic E-state index is 0.577. The van der Waals surface area contributed by atoms with Gasteiger partial charge in [0.15, 0.2) is 5.76 Å². The summed E-state index contributed by atoms with van der Waals surface area (Å²) < 4.78 is 8.63. The Kier molecular flexibility index (Phi) is 5.31. The molecule has 0 bridgehead atoms. The van der Waals surface area contributed by atoms with Gasteiger partial charge < -0.3 is 4.42 Å². The Hall–Kier alpha value is -4.11. The van der Waals surface area contributed by atoms with Crippen molar-refractivity contribution in [1.29, 1.82) is 0 Å². The largest absolute Gasteiger partial charge is 0.423 e. The second-order valence-electron chi connectivity index (χ2n) is 7.31. The molecule has 0 radical (unpaired) electrons. The van der Waals surface area contributed by atoms with Crippen LogP contribution in [-0.2, 0) is 6.54 Å². The van der Waals surface area contributed by atoms with Crippen LogP contribution in [0.2, 0.25) is 0 Å². The molecule has 0 saturated heterocycles. The number of benzene rings is 4. The number of rotatable bonds is 5. The molecule has 150 valence electrons. The van der Waals surface area contributed by atoms with E-state index in [-0.39, 0.29) is 0 Å². The lowest BCUT2D eigenvalue weighted by molar-refractivity contribution is 0.480. The number of hydrogen-bond acceptors (Lipinski definition) is 2. The minimum Gasteiger partial charge on any atom is -0.423 e. The Morgan fingerprint density at radius 2 is 1.10 bits per heavy atom. The van der Waals surface area contributed by atoms with Crippen molar-refractivity contribution in [3.8, 4) is 22.6 Å². The number of nitrogens with zero attached hydrogens (tertiary/aromatic N) is 2. The Labute approximate surface area is 181 Å². The van der Waals surface area contributed by atoms with Gasteiger partial charge in [-0.05, 0) is 17.7 Å². The highest BCUT2D eigenvalue weighted by Gasteiger charge is 2.19. The lowest BCUT2D eigenvalue weighted by Crippen LogP contribution is -2.17. The van der Waals surface area contributed by atoms with Gasteiger partial charge in [0.1, 0.15) is 0 Å². The smallest absolute Gasteiger partial charge is 0.303 e. The zero-order valence-corrected chi connectivity index (χ0v) is 17.1. The molecule has 0 aliphatic carbocycles. The van der Waals surface area contributed by atoms with Crippen LogP contribution in [-0.4, -0.2) is 4.57 Å². The van der Waals surface area contributed by atoms with Gasteiger partial charge in [-0.2, -0.15) is 4.99 Å². The van der Waals surface area contributed by atoms with E-state index < -0.39 is 0 Å². The van der Waals surface area contributed by atoms with Gasteiger partial charge in [-0.3, -0.25) is 4.57 Å². The highest BCUT2D eigenvalue weighted by atomic mass is 16.4. The van der Waals surface area contributed by atoms with Crippen LogP contribution in [0.4, 0.5) is 5.69 Å². The molecule has 3 nitrogen and oxygen atoms in total. The van der Waals surface area contributed by atoms with Crippen LogP contribution in [0.25, 0.3) is 22.6 Å². The molecule has 0 spiro atoms. The summed E-state index contributed by atoms with van der Waals surface area (Å²) in [5, 5.41) is 0. The molecular formula is C28H22N2O. The molecule has 5 rings (SSSR count). The highest BCUT2D eigenvalue weighted by molar-refractivity contribution is 5.77. The topological polar surface area (TPSA) is 30.4 Å². The summed E-state index contributed by atoms with van der Waals surface area (Å²) in [4.78, 5) is 4.87. The van der Waals surface area contributed by atoms with Crippen LogP contribution < -0.4 is 5.68 Å². The van der Waals surface area contributed by atoms with Crippen molar-refractivity contribution in [3.05, 3.63) is 133 Å². The van der Waals surface area contributed by atoms with Gasteiger partial charge in [-0.25, -0.2) is 0 Å². The molecule has 3 heteroatoms. The zero-order chi connectivity index (χ0) is 20.9. The van der Waals surface area contributed by atoms with Gasteiger partial charge in [-0.1, -0.05) is 109 Å².